The highest BCUT2D eigenvalue weighted by atomic mass is 32.2. The summed E-state index contributed by atoms with van der Waals surface area (Å²) in [6.07, 6.45) is 0. The number of hydrogen-bond donors (Lipinski definition) is 3. The monoisotopic (exact) mass is 272 g/mol. The lowest BCUT2D eigenvalue weighted by molar-refractivity contribution is -0.141. The average Bonchev–Trinajstić information content (AvgIpc) is 2.27. The van der Waals surface area contributed by atoms with Crippen molar-refractivity contribution in [1.82, 2.24) is 0 Å². The number of carboxylic acids is 1. The molecule has 0 radical (unpaired) electrons. The van der Waals surface area contributed by atoms with Crippen LogP contribution in [-0.2, 0) is 14.8 Å². The van der Waals surface area contributed by atoms with Gasteiger partial charge in [0.15, 0.2) is 0 Å². The van der Waals surface area contributed by atoms with Crippen LogP contribution in [0.3, 0.4) is 0 Å². The molecule has 0 amide bonds. The van der Waals surface area contributed by atoms with Crippen LogP contribution in [0, 0.1) is 5.92 Å². The predicted octanol–water partition coefficient (Wildman–Crippen LogP) is 0.855. The Bertz CT molecular complexity index is 524. The zero-order valence-electron chi connectivity index (χ0n) is 10.1. The van der Waals surface area contributed by atoms with Gasteiger partial charge >= 0.3 is 5.97 Å². The highest BCUT2D eigenvalue weighted by molar-refractivity contribution is 7.89. The van der Waals surface area contributed by atoms with E-state index in [0.717, 1.165) is 0 Å². The molecule has 0 spiro atoms. The summed E-state index contributed by atoms with van der Waals surface area (Å²) in [6, 6.07) is 5.56. The van der Waals surface area contributed by atoms with E-state index in [4.69, 9.17) is 10.2 Å². The van der Waals surface area contributed by atoms with Gasteiger partial charge in [-0.25, -0.2) is 13.6 Å². The second kappa shape index (κ2) is 5.36. The molecule has 1 rings (SSSR count). The maximum atomic E-state index is 11.0. The van der Waals surface area contributed by atoms with Crippen molar-refractivity contribution >= 4 is 21.7 Å². The molecule has 7 heteroatoms. The second-order valence-corrected chi connectivity index (χ2v) is 5.69. The fraction of sp³-hybridized carbons (Fsp3) is 0.364. The Morgan fingerprint density at radius 2 is 1.78 bits per heavy atom. The molecule has 18 heavy (non-hydrogen) atoms. The van der Waals surface area contributed by atoms with E-state index in [9.17, 15) is 13.2 Å². The normalized spacial score (nSPS) is 14.8. The minimum absolute atomic E-state index is 0.0204. The number of anilines is 1. The molecule has 2 unspecified atom stereocenters. The van der Waals surface area contributed by atoms with Gasteiger partial charge in [0.2, 0.25) is 10.0 Å². The predicted molar refractivity (Wildman–Crippen MR) is 67.7 cm³/mol. The molecule has 100 valence electrons. The van der Waals surface area contributed by atoms with Crippen LogP contribution in [0.4, 0.5) is 5.69 Å². The standard InChI is InChI=1S/C11H16N2O4S/c1-7(11(14)15)8(2)13-9-3-5-10(6-4-9)18(12,16)17/h3-8,13H,1-2H3,(H,14,15)(H2,12,16,17). The van der Waals surface area contributed by atoms with Crippen molar-refractivity contribution in [1.29, 1.82) is 0 Å². The summed E-state index contributed by atoms with van der Waals surface area (Å²) in [6.45, 7) is 3.34. The van der Waals surface area contributed by atoms with Gasteiger partial charge in [0.25, 0.3) is 0 Å². The van der Waals surface area contributed by atoms with E-state index >= 15 is 0 Å². The molecule has 0 aliphatic heterocycles. The Balaban J connectivity index is 2.79. The molecule has 0 bridgehead atoms. The van der Waals surface area contributed by atoms with Gasteiger partial charge in [-0.1, -0.05) is 0 Å². The Morgan fingerprint density at radius 1 is 1.28 bits per heavy atom. The molecule has 0 saturated heterocycles. The van der Waals surface area contributed by atoms with E-state index in [1.165, 1.54) is 12.1 Å². The Morgan fingerprint density at radius 3 is 2.17 bits per heavy atom. The van der Waals surface area contributed by atoms with Gasteiger partial charge in [-0.05, 0) is 38.1 Å². The lowest BCUT2D eigenvalue weighted by Crippen LogP contribution is -2.29. The van der Waals surface area contributed by atoms with Crippen LogP contribution < -0.4 is 10.5 Å². The summed E-state index contributed by atoms with van der Waals surface area (Å²) >= 11 is 0. The number of primary sulfonamides is 1. The van der Waals surface area contributed by atoms with Crippen LogP contribution >= 0.6 is 0 Å². The minimum Gasteiger partial charge on any atom is -0.481 e. The number of hydrogen-bond acceptors (Lipinski definition) is 4. The summed E-state index contributed by atoms with van der Waals surface area (Å²) in [5, 5.41) is 16.8. The molecule has 0 aliphatic rings. The van der Waals surface area contributed by atoms with Crippen LogP contribution in [0.2, 0.25) is 0 Å². The van der Waals surface area contributed by atoms with Crippen molar-refractivity contribution in [2.75, 3.05) is 5.32 Å². The summed E-state index contributed by atoms with van der Waals surface area (Å²) in [5.41, 5.74) is 0.642. The van der Waals surface area contributed by atoms with Gasteiger partial charge in [0.05, 0.1) is 10.8 Å². The molecular formula is C11H16N2O4S. The minimum atomic E-state index is -3.70. The van der Waals surface area contributed by atoms with E-state index in [0.29, 0.717) is 5.69 Å². The van der Waals surface area contributed by atoms with Crippen LogP contribution in [-0.4, -0.2) is 25.5 Å². The van der Waals surface area contributed by atoms with Crippen molar-refractivity contribution < 1.29 is 18.3 Å². The van der Waals surface area contributed by atoms with Crippen LogP contribution in [0.5, 0.6) is 0 Å². The molecule has 6 nitrogen and oxygen atoms in total. The smallest absolute Gasteiger partial charge is 0.308 e. The SMILES string of the molecule is CC(Nc1ccc(S(N)(=O)=O)cc1)C(C)C(=O)O. The Labute approximate surface area is 106 Å². The highest BCUT2D eigenvalue weighted by Crippen LogP contribution is 2.16. The number of nitrogens with one attached hydrogen (secondary N) is 1. The van der Waals surface area contributed by atoms with Crippen molar-refractivity contribution in [2.45, 2.75) is 24.8 Å². The molecule has 4 N–H and O–H groups in total. The van der Waals surface area contributed by atoms with Gasteiger partial charge in [0.1, 0.15) is 0 Å². The van der Waals surface area contributed by atoms with E-state index in [-0.39, 0.29) is 10.9 Å². The fourth-order valence-electron chi connectivity index (χ4n) is 1.34. The summed E-state index contributed by atoms with van der Waals surface area (Å²) in [4.78, 5) is 10.8. The lowest BCUT2D eigenvalue weighted by Gasteiger charge is -2.19. The zero-order valence-corrected chi connectivity index (χ0v) is 10.9. The number of rotatable bonds is 5. The third-order valence-electron chi connectivity index (χ3n) is 2.72. The maximum Gasteiger partial charge on any atom is 0.308 e. The molecule has 0 saturated carbocycles. The van der Waals surface area contributed by atoms with Crippen molar-refractivity contribution in [3.63, 3.8) is 0 Å². The quantitative estimate of drug-likeness (QED) is 0.736. The van der Waals surface area contributed by atoms with E-state index in [1.807, 2.05) is 0 Å². The van der Waals surface area contributed by atoms with Gasteiger partial charge in [0, 0.05) is 11.7 Å². The number of carboxylic acid groups (broad SMARTS) is 1. The third kappa shape index (κ3) is 3.71. The molecule has 0 aliphatic carbocycles. The summed E-state index contributed by atoms with van der Waals surface area (Å²) < 4.78 is 22.1. The molecule has 1 aromatic carbocycles. The first-order chi connectivity index (χ1) is 8.21. The maximum absolute atomic E-state index is 11.0. The van der Waals surface area contributed by atoms with Crippen molar-refractivity contribution in [3.8, 4) is 0 Å². The average molecular weight is 272 g/mol. The molecular weight excluding hydrogens is 256 g/mol. The first-order valence-corrected chi connectivity index (χ1v) is 6.88. The van der Waals surface area contributed by atoms with Gasteiger partial charge in [-0.15, -0.1) is 0 Å². The highest BCUT2D eigenvalue weighted by Gasteiger charge is 2.19. The first-order valence-electron chi connectivity index (χ1n) is 5.34. The largest absolute Gasteiger partial charge is 0.481 e. The Hall–Kier alpha value is -1.60. The summed E-state index contributed by atoms with van der Waals surface area (Å²) in [5.74, 6) is -1.45. The number of aliphatic carboxylic acids is 1. The van der Waals surface area contributed by atoms with Crippen LogP contribution in [0.1, 0.15) is 13.8 Å². The lowest BCUT2D eigenvalue weighted by atomic mass is 10.0. The molecule has 2 atom stereocenters. The Kier molecular flexibility index (Phi) is 4.31. The zero-order chi connectivity index (χ0) is 13.9. The number of carbonyl (C=O) groups is 1. The van der Waals surface area contributed by atoms with E-state index in [1.54, 1.807) is 26.0 Å². The third-order valence-corrected chi connectivity index (χ3v) is 3.65. The molecule has 0 aromatic heterocycles. The number of benzene rings is 1. The van der Waals surface area contributed by atoms with E-state index in [2.05, 4.69) is 5.32 Å². The second-order valence-electron chi connectivity index (χ2n) is 4.13. The van der Waals surface area contributed by atoms with Gasteiger partial charge in [-0.3, -0.25) is 4.79 Å². The van der Waals surface area contributed by atoms with E-state index < -0.39 is 21.9 Å². The first kappa shape index (κ1) is 14.5. The van der Waals surface area contributed by atoms with Gasteiger partial charge in [-0.2, -0.15) is 0 Å². The molecule has 0 fully saturated rings. The topological polar surface area (TPSA) is 109 Å². The molecule has 0 heterocycles. The van der Waals surface area contributed by atoms with Crippen molar-refractivity contribution in [3.05, 3.63) is 24.3 Å². The van der Waals surface area contributed by atoms with Crippen molar-refractivity contribution in [2.24, 2.45) is 11.1 Å². The van der Waals surface area contributed by atoms with Gasteiger partial charge < -0.3 is 10.4 Å². The number of sulfonamides is 1. The summed E-state index contributed by atoms with van der Waals surface area (Å²) in [7, 11) is -3.70. The fourth-order valence-corrected chi connectivity index (χ4v) is 1.86. The molecule has 1 aromatic rings. The van der Waals surface area contributed by atoms with Crippen LogP contribution in [0.25, 0.3) is 0 Å². The van der Waals surface area contributed by atoms with Crippen LogP contribution in [0.15, 0.2) is 29.2 Å². The number of nitrogens with two attached hydrogens (primary N) is 1.